The second kappa shape index (κ2) is 5.22. The Morgan fingerprint density at radius 3 is 2.64 bits per heavy atom. The van der Waals surface area contributed by atoms with Crippen molar-refractivity contribution in [2.24, 2.45) is 0 Å². The van der Waals surface area contributed by atoms with Gasteiger partial charge in [0.2, 0.25) is 0 Å². The third-order valence-corrected chi connectivity index (χ3v) is 3.12. The number of phenols is 2. The average molecular weight is 295 g/mol. The fraction of sp³-hybridized carbons (Fsp3) is 0. The maximum Gasteiger partial charge on any atom is 0.159 e. The smallest absolute Gasteiger partial charge is 0.159 e. The summed E-state index contributed by atoms with van der Waals surface area (Å²) in [5.74, 6) is 1.62. The Morgan fingerprint density at radius 2 is 1.86 bits per heavy atom. The first-order chi connectivity index (χ1) is 10.6. The summed E-state index contributed by atoms with van der Waals surface area (Å²) in [4.78, 5) is 8.11. The van der Waals surface area contributed by atoms with Gasteiger partial charge in [0, 0.05) is 17.1 Å². The Balaban J connectivity index is 2.08. The molecule has 0 aliphatic carbocycles. The minimum Gasteiger partial charge on any atom is -0.504 e. The van der Waals surface area contributed by atoms with Gasteiger partial charge >= 0.3 is 0 Å². The van der Waals surface area contributed by atoms with Gasteiger partial charge in [-0.05, 0) is 24.3 Å². The molecule has 1 heterocycles. The largest absolute Gasteiger partial charge is 0.504 e. The number of aromatic nitrogens is 2. The van der Waals surface area contributed by atoms with Gasteiger partial charge in [-0.3, -0.25) is 0 Å². The maximum atomic E-state index is 13.4. The number of aromatic hydroxyl groups is 2. The Bertz CT molecular complexity index is 919. The van der Waals surface area contributed by atoms with E-state index in [1.54, 1.807) is 0 Å². The molecule has 0 saturated carbocycles. The van der Waals surface area contributed by atoms with Crippen LogP contribution < -0.4 is 5.32 Å². The molecular formula is C16H10FN3O2. The lowest BCUT2D eigenvalue weighted by Gasteiger charge is -2.10. The molecule has 0 fully saturated rings. The van der Waals surface area contributed by atoms with Crippen molar-refractivity contribution in [2.45, 2.75) is 0 Å². The van der Waals surface area contributed by atoms with Crippen molar-refractivity contribution >= 4 is 22.4 Å². The van der Waals surface area contributed by atoms with E-state index >= 15 is 0 Å². The topological polar surface area (TPSA) is 78.3 Å². The van der Waals surface area contributed by atoms with Crippen LogP contribution in [0, 0.1) is 18.2 Å². The van der Waals surface area contributed by atoms with Gasteiger partial charge in [0.05, 0.1) is 11.1 Å². The number of hydrogen-bond acceptors (Lipinski definition) is 5. The number of halogens is 1. The molecule has 5 nitrogen and oxygen atoms in total. The van der Waals surface area contributed by atoms with Crippen LogP contribution in [0.15, 0.2) is 36.7 Å². The molecule has 3 N–H and O–H groups in total. The predicted octanol–water partition coefficient (Wildman–Crippen LogP) is 2.91. The van der Waals surface area contributed by atoms with Crippen LogP contribution in [0.1, 0.15) is 5.56 Å². The number of hydrogen-bond donors (Lipinski definition) is 3. The lowest BCUT2D eigenvalue weighted by Crippen LogP contribution is -1.97. The molecule has 0 atom stereocenters. The Labute approximate surface area is 125 Å². The number of phenolic OH excluding ortho intramolecular Hbond substituents is 2. The molecule has 0 aliphatic rings. The highest BCUT2D eigenvalue weighted by Gasteiger charge is 2.09. The number of benzene rings is 2. The molecule has 0 radical (unpaired) electrons. The molecule has 0 spiro atoms. The fourth-order valence-electron chi connectivity index (χ4n) is 2.03. The van der Waals surface area contributed by atoms with Gasteiger partial charge in [-0.1, -0.05) is 5.92 Å². The molecule has 0 bridgehead atoms. The van der Waals surface area contributed by atoms with Crippen LogP contribution in [0.5, 0.6) is 11.5 Å². The Morgan fingerprint density at radius 1 is 1.09 bits per heavy atom. The van der Waals surface area contributed by atoms with E-state index in [2.05, 4.69) is 21.2 Å². The summed E-state index contributed by atoms with van der Waals surface area (Å²) in [6, 6.07) is 6.92. The maximum absolute atomic E-state index is 13.4. The summed E-state index contributed by atoms with van der Waals surface area (Å²) in [5.41, 5.74) is 1.12. The highest BCUT2D eigenvalue weighted by Crippen LogP contribution is 2.32. The van der Waals surface area contributed by atoms with Gasteiger partial charge in [-0.2, -0.15) is 0 Å². The normalized spacial score (nSPS) is 10.4. The zero-order valence-corrected chi connectivity index (χ0v) is 11.2. The molecule has 1 aromatic heterocycles. The molecule has 0 unspecified atom stereocenters. The van der Waals surface area contributed by atoms with Crippen molar-refractivity contribution in [3.05, 3.63) is 48.0 Å². The molecule has 0 saturated heterocycles. The zero-order valence-electron chi connectivity index (χ0n) is 11.2. The molecule has 6 heteroatoms. The minimum atomic E-state index is -0.483. The second-order valence-corrected chi connectivity index (χ2v) is 4.54. The molecule has 0 amide bonds. The van der Waals surface area contributed by atoms with E-state index < -0.39 is 5.82 Å². The molecule has 2 aromatic carbocycles. The van der Waals surface area contributed by atoms with E-state index in [0.717, 1.165) is 0 Å². The SMILES string of the molecule is C#Cc1cc(Nc2ncnc3cc(O)c(O)cc23)ccc1F. The van der Waals surface area contributed by atoms with Gasteiger partial charge in [0.15, 0.2) is 11.5 Å². The van der Waals surface area contributed by atoms with Crippen molar-refractivity contribution in [3.63, 3.8) is 0 Å². The highest BCUT2D eigenvalue weighted by molar-refractivity contribution is 5.92. The number of nitrogens with one attached hydrogen (secondary N) is 1. The summed E-state index contributed by atoms with van der Waals surface area (Å²) >= 11 is 0. The summed E-state index contributed by atoms with van der Waals surface area (Å²) in [6.45, 7) is 0. The van der Waals surface area contributed by atoms with Gasteiger partial charge < -0.3 is 15.5 Å². The Hall–Kier alpha value is -3.33. The van der Waals surface area contributed by atoms with E-state index in [0.29, 0.717) is 22.4 Å². The van der Waals surface area contributed by atoms with E-state index in [4.69, 9.17) is 6.42 Å². The summed E-state index contributed by atoms with van der Waals surface area (Å²) < 4.78 is 13.4. The molecule has 3 rings (SSSR count). The number of rotatable bonds is 2. The first-order valence-electron chi connectivity index (χ1n) is 6.28. The van der Waals surface area contributed by atoms with Crippen LogP contribution in [0.25, 0.3) is 10.9 Å². The molecule has 108 valence electrons. The van der Waals surface area contributed by atoms with Crippen LogP contribution >= 0.6 is 0 Å². The van der Waals surface area contributed by atoms with Crippen molar-refractivity contribution < 1.29 is 14.6 Å². The second-order valence-electron chi connectivity index (χ2n) is 4.54. The summed E-state index contributed by atoms with van der Waals surface area (Å²) in [5, 5.41) is 22.6. The van der Waals surface area contributed by atoms with Crippen molar-refractivity contribution in [2.75, 3.05) is 5.32 Å². The van der Waals surface area contributed by atoms with Crippen LogP contribution in [-0.4, -0.2) is 20.2 Å². The van der Waals surface area contributed by atoms with E-state index in [9.17, 15) is 14.6 Å². The van der Waals surface area contributed by atoms with E-state index in [1.807, 2.05) is 0 Å². The molecular weight excluding hydrogens is 285 g/mol. The third-order valence-electron chi connectivity index (χ3n) is 3.12. The molecule has 3 aromatic rings. The Kier molecular flexibility index (Phi) is 3.24. The predicted molar refractivity (Wildman–Crippen MR) is 80.5 cm³/mol. The first kappa shape index (κ1) is 13.6. The lowest BCUT2D eigenvalue weighted by molar-refractivity contribution is 0.405. The van der Waals surface area contributed by atoms with Crippen molar-refractivity contribution in [1.82, 2.24) is 9.97 Å². The minimum absolute atomic E-state index is 0.129. The van der Waals surface area contributed by atoms with Gasteiger partial charge in [0.1, 0.15) is 18.0 Å². The van der Waals surface area contributed by atoms with E-state index in [1.165, 1.54) is 36.7 Å². The van der Waals surface area contributed by atoms with Gasteiger partial charge in [0.25, 0.3) is 0 Å². The zero-order chi connectivity index (χ0) is 15.7. The van der Waals surface area contributed by atoms with Gasteiger partial charge in [-0.15, -0.1) is 6.42 Å². The quantitative estimate of drug-likeness (QED) is 0.500. The monoisotopic (exact) mass is 295 g/mol. The number of nitrogens with zero attached hydrogens (tertiary/aromatic N) is 2. The van der Waals surface area contributed by atoms with Crippen LogP contribution in [-0.2, 0) is 0 Å². The third kappa shape index (κ3) is 2.36. The lowest BCUT2D eigenvalue weighted by atomic mass is 10.1. The van der Waals surface area contributed by atoms with Crippen LogP contribution in [0.4, 0.5) is 15.9 Å². The van der Waals surface area contributed by atoms with Crippen LogP contribution in [0.2, 0.25) is 0 Å². The fourth-order valence-corrected chi connectivity index (χ4v) is 2.03. The van der Waals surface area contributed by atoms with Gasteiger partial charge in [-0.25, -0.2) is 14.4 Å². The number of terminal acetylenes is 1. The summed E-state index contributed by atoms with van der Waals surface area (Å²) in [6.07, 6.45) is 6.55. The number of anilines is 2. The molecule has 22 heavy (non-hydrogen) atoms. The first-order valence-corrected chi connectivity index (χ1v) is 6.28. The highest BCUT2D eigenvalue weighted by atomic mass is 19.1. The van der Waals surface area contributed by atoms with Crippen LogP contribution in [0.3, 0.4) is 0 Å². The van der Waals surface area contributed by atoms with E-state index in [-0.39, 0.29) is 17.1 Å². The standard InChI is InChI=1S/C16H10FN3O2/c1-2-9-5-10(3-4-12(9)17)20-16-11-6-14(21)15(22)7-13(11)18-8-19-16/h1,3-8,21-22H,(H,18,19,20). The van der Waals surface area contributed by atoms with Crippen molar-refractivity contribution in [1.29, 1.82) is 0 Å². The average Bonchev–Trinajstić information content (AvgIpc) is 2.51. The summed E-state index contributed by atoms with van der Waals surface area (Å²) in [7, 11) is 0. The van der Waals surface area contributed by atoms with Crippen molar-refractivity contribution in [3.8, 4) is 23.8 Å². The molecule has 0 aliphatic heterocycles. The number of fused-ring (bicyclic) bond motifs is 1.